The van der Waals surface area contributed by atoms with Crippen LogP contribution in [0.25, 0.3) is 0 Å². The number of ether oxygens (including phenoxy) is 2. The molecule has 2 atom stereocenters. The molecule has 1 aliphatic heterocycles. The highest BCUT2D eigenvalue weighted by atomic mass is 16.5. The van der Waals surface area contributed by atoms with E-state index in [1.165, 1.54) is 0 Å². The number of hydrogen-bond acceptors (Lipinski definition) is 4. The summed E-state index contributed by atoms with van der Waals surface area (Å²) in [7, 11) is 1.70. The second kappa shape index (κ2) is 6.02. The average molecular weight is 239 g/mol. The van der Waals surface area contributed by atoms with Gasteiger partial charge in [-0.15, -0.1) is 0 Å². The van der Waals surface area contributed by atoms with Gasteiger partial charge in [0.15, 0.2) is 0 Å². The number of anilines is 1. The van der Waals surface area contributed by atoms with E-state index in [0.29, 0.717) is 18.6 Å². The van der Waals surface area contributed by atoms with Crippen molar-refractivity contribution in [1.82, 2.24) is 9.78 Å². The summed E-state index contributed by atoms with van der Waals surface area (Å²) in [5.74, 6) is 0.609. The molecule has 1 N–H and O–H groups in total. The van der Waals surface area contributed by atoms with Crippen molar-refractivity contribution in [3.05, 3.63) is 12.4 Å². The van der Waals surface area contributed by atoms with Gasteiger partial charge >= 0.3 is 0 Å². The molecular weight excluding hydrogens is 218 g/mol. The zero-order chi connectivity index (χ0) is 12.1. The second-order valence-electron chi connectivity index (χ2n) is 4.54. The predicted octanol–water partition coefficient (Wildman–Crippen LogP) is 1.37. The molecule has 0 aromatic carbocycles. The molecule has 1 fully saturated rings. The molecule has 96 valence electrons. The largest absolute Gasteiger partial charge is 0.383 e. The molecule has 0 radical (unpaired) electrons. The van der Waals surface area contributed by atoms with Gasteiger partial charge in [0.2, 0.25) is 0 Å². The first kappa shape index (κ1) is 12.4. The predicted molar refractivity (Wildman–Crippen MR) is 66.1 cm³/mol. The minimum absolute atomic E-state index is 0.428. The van der Waals surface area contributed by atoms with E-state index >= 15 is 0 Å². The van der Waals surface area contributed by atoms with Crippen LogP contribution < -0.4 is 5.32 Å². The Morgan fingerprint density at radius 1 is 1.71 bits per heavy atom. The summed E-state index contributed by atoms with van der Waals surface area (Å²) in [6.07, 6.45) is 5.03. The molecule has 0 saturated carbocycles. The summed E-state index contributed by atoms with van der Waals surface area (Å²) >= 11 is 0. The monoisotopic (exact) mass is 239 g/mol. The fourth-order valence-corrected chi connectivity index (χ4v) is 2.07. The van der Waals surface area contributed by atoms with Crippen LogP contribution in [0.2, 0.25) is 0 Å². The highest BCUT2D eigenvalue weighted by Gasteiger charge is 2.22. The minimum Gasteiger partial charge on any atom is -0.383 e. The van der Waals surface area contributed by atoms with Crippen LogP contribution in [-0.2, 0) is 16.0 Å². The van der Waals surface area contributed by atoms with E-state index < -0.39 is 0 Å². The van der Waals surface area contributed by atoms with Crippen molar-refractivity contribution in [2.75, 3.05) is 32.2 Å². The third-order valence-corrected chi connectivity index (χ3v) is 3.22. The van der Waals surface area contributed by atoms with Gasteiger partial charge in [0.25, 0.3) is 0 Å². The lowest BCUT2D eigenvalue weighted by atomic mass is 10.0. The van der Waals surface area contributed by atoms with Crippen molar-refractivity contribution in [2.45, 2.75) is 25.9 Å². The number of aromatic nitrogens is 2. The van der Waals surface area contributed by atoms with Gasteiger partial charge in [-0.05, 0) is 13.3 Å². The summed E-state index contributed by atoms with van der Waals surface area (Å²) in [5.41, 5.74) is 1.07. The fourth-order valence-electron chi connectivity index (χ4n) is 2.07. The Hall–Kier alpha value is -1.07. The molecule has 0 aliphatic carbocycles. The van der Waals surface area contributed by atoms with Gasteiger partial charge in [0.05, 0.1) is 31.6 Å². The smallest absolute Gasteiger partial charge is 0.0728 e. The lowest BCUT2D eigenvalue weighted by Crippen LogP contribution is -2.25. The Bertz CT molecular complexity index is 334. The normalized spacial score (nSPS) is 21.6. The first-order valence-corrected chi connectivity index (χ1v) is 6.15. The number of hydrogen-bond donors (Lipinski definition) is 1. The molecule has 5 nitrogen and oxygen atoms in total. The van der Waals surface area contributed by atoms with Crippen LogP contribution in [0.1, 0.15) is 13.3 Å². The second-order valence-corrected chi connectivity index (χ2v) is 4.54. The van der Waals surface area contributed by atoms with Crippen LogP contribution in [0.4, 0.5) is 5.69 Å². The van der Waals surface area contributed by atoms with E-state index in [0.717, 1.165) is 31.9 Å². The van der Waals surface area contributed by atoms with Crippen molar-refractivity contribution >= 4 is 5.69 Å². The molecular formula is C12H21N3O2. The average Bonchev–Trinajstić information content (AvgIpc) is 2.97. The van der Waals surface area contributed by atoms with Gasteiger partial charge in [-0.3, -0.25) is 4.68 Å². The van der Waals surface area contributed by atoms with Crippen LogP contribution in [0.15, 0.2) is 12.4 Å². The van der Waals surface area contributed by atoms with Crippen molar-refractivity contribution < 1.29 is 9.47 Å². The molecule has 2 unspecified atom stereocenters. The molecule has 0 bridgehead atoms. The first-order chi connectivity index (χ1) is 8.29. The van der Waals surface area contributed by atoms with Crippen LogP contribution in [0.5, 0.6) is 0 Å². The molecule has 17 heavy (non-hydrogen) atoms. The maximum absolute atomic E-state index is 5.40. The summed E-state index contributed by atoms with van der Waals surface area (Å²) < 4.78 is 12.3. The lowest BCUT2D eigenvalue weighted by molar-refractivity contribution is 0.183. The Morgan fingerprint density at radius 3 is 3.29 bits per heavy atom. The standard InChI is InChI=1S/C12H21N3O2/c1-10(11-3-5-17-9-11)14-12-7-13-15(8-12)4-6-16-2/h7-8,10-11,14H,3-6,9H2,1-2H3. The molecule has 1 aliphatic rings. The zero-order valence-electron chi connectivity index (χ0n) is 10.6. The summed E-state index contributed by atoms with van der Waals surface area (Å²) in [4.78, 5) is 0. The van der Waals surface area contributed by atoms with E-state index in [2.05, 4.69) is 17.3 Å². The van der Waals surface area contributed by atoms with Gasteiger partial charge in [-0.25, -0.2) is 0 Å². The number of nitrogens with one attached hydrogen (secondary N) is 1. The molecule has 2 heterocycles. The Balaban J connectivity index is 1.83. The molecule has 0 spiro atoms. The maximum atomic E-state index is 5.40. The summed E-state index contributed by atoms with van der Waals surface area (Å²) in [6, 6.07) is 0.428. The van der Waals surface area contributed by atoms with E-state index in [-0.39, 0.29) is 0 Å². The van der Waals surface area contributed by atoms with Crippen molar-refractivity contribution in [3.8, 4) is 0 Å². The minimum atomic E-state index is 0.428. The van der Waals surface area contributed by atoms with Crippen LogP contribution in [-0.4, -0.2) is 42.8 Å². The van der Waals surface area contributed by atoms with Crippen LogP contribution >= 0.6 is 0 Å². The molecule has 1 aromatic heterocycles. The topological polar surface area (TPSA) is 48.3 Å². The van der Waals surface area contributed by atoms with Crippen molar-refractivity contribution in [2.24, 2.45) is 5.92 Å². The Labute approximate surface area is 102 Å². The van der Waals surface area contributed by atoms with Crippen LogP contribution in [0.3, 0.4) is 0 Å². The van der Waals surface area contributed by atoms with E-state index in [4.69, 9.17) is 9.47 Å². The van der Waals surface area contributed by atoms with E-state index in [9.17, 15) is 0 Å². The summed E-state index contributed by atoms with van der Waals surface area (Å²) in [6.45, 7) is 5.44. The van der Waals surface area contributed by atoms with Gasteiger partial charge < -0.3 is 14.8 Å². The van der Waals surface area contributed by atoms with Gasteiger partial charge in [-0.1, -0.05) is 0 Å². The SMILES string of the molecule is COCCn1cc(NC(C)C2CCOC2)cn1. The van der Waals surface area contributed by atoms with Crippen LogP contribution in [0, 0.1) is 5.92 Å². The van der Waals surface area contributed by atoms with Crippen molar-refractivity contribution in [3.63, 3.8) is 0 Å². The molecule has 0 amide bonds. The number of methoxy groups -OCH3 is 1. The van der Waals surface area contributed by atoms with Crippen molar-refractivity contribution in [1.29, 1.82) is 0 Å². The maximum Gasteiger partial charge on any atom is 0.0728 e. The Kier molecular flexibility index (Phi) is 4.39. The van der Waals surface area contributed by atoms with Gasteiger partial charge in [0.1, 0.15) is 0 Å². The molecule has 1 aromatic rings. The third-order valence-electron chi connectivity index (χ3n) is 3.22. The quantitative estimate of drug-likeness (QED) is 0.814. The van der Waals surface area contributed by atoms with E-state index in [1.807, 2.05) is 17.1 Å². The Morgan fingerprint density at radius 2 is 2.59 bits per heavy atom. The van der Waals surface area contributed by atoms with Gasteiger partial charge in [-0.2, -0.15) is 5.10 Å². The highest BCUT2D eigenvalue weighted by Crippen LogP contribution is 2.19. The fraction of sp³-hybridized carbons (Fsp3) is 0.750. The van der Waals surface area contributed by atoms with E-state index in [1.54, 1.807) is 7.11 Å². The van der Waals surface area contributed by atoms with Gasteiger partial charge in [0, 0.05) is 31.9 Å². The molecule has 1 saturated heterocycles. The molecule has 5 heteroatoms. The molecule has 2 rings (SSSR count). The number of rotatable bonds is 6. The summed E-state index contributed by atoms with van der Waals surface area (Å²) in [5, 5.41) is 7.75. The zero-order valence-corrected chi connectivity index (χ0v) is 10.6. The number of nitrogens with zero attached hydrogens (tertiary/aromatic N) is 2. The first-order valence-electron chi connectivity index (χ1n) is 6.15. The highest BCUT2D eigenvalue weighted by molar-refractivity contribution is 5.39. The lowest BCUT2D eigenvalue weighted by Gasteiger charge is -2.19. The third kappa shape index (κ3) is 3.44.